The number of carbonyl (C=O) groups excluding carboxylic acids is 3. The fourth-order valence-electron chi connectivity index (χ4n) is 6.28. The molecule has 5 N–H and O–H groups in total. The van der Waals surface area contributed by atoms with Crippen LogP contribution in [0.1, 0.15) is 56.3 Å². The standard InChI is InChI=1S/C32H33B2N3O11/c1-45-23-7-21(8-24(12-23)46-2)27(13-29(38)39)36-31(41)28-11-22(35-30(40)17-3-5-19-15-47-33(43)25(19)9-17)14-37(28)32(42)18-4-6-20-16-48-34(44)26(20)10-18/h3-10,12,22,27-28,43-44H,11,13-16H2,1-2H3,(H,35,40)(H,36,41)(H,38,39)/t22-,27+,28+/m1/s1. The normalized spacial score (nSPS) is 18.6. The first-order chi connectivity index (χ1) is 23.0. The molecule has 0 radical (unpaired) electrons. The fraction of sp³-hybridized carbons (Fsp3) is 0.312. The number of rotatable bonds is 10. The van der Waals surface area contributed by atoms with Crippen molar-refractivity contribution in [2.24, 2.45) is 0 Å². The molecule has 0 aliphatic carbocycles. The van der Waals surface area contributed by atoms with E-state index in [9.17, 15) is 34.3 Å². The van der Waals surface area contributed by atoms with E-state index in [0.29, 0.717) is 28.0 Å². The van der Waals surface area contributed by atoms with E-state index in [0.717, 1.165) is 11.1 Å². The van der Waals surface area contributed by atoms with Gasteiger partial charge in [0, 0.05) is 29.8 Å². The highest BCUT2D eigenvalue weighted by molar-refractivity contribution is 6.62. The number of carboxylic acid groups (broad SMARTS) is 1. The Morgan fingerprint density at radius 1 is 0.896 bits per heavy atom. The van der Waals surface area contributed by atoms with Gasteiger partial charge in [0.15, 0.2) is 0 Å². The van der Waals surface area contributed by atoms with Gasteiger partial charge < -0.3 is 49.5 Å². The van der Waals surface area contributed by atoms with Gasteiger partial charge in [-0.2, -0.15) is 0 Å². The van der Waals surface area contributed by atoms with Crippen molar-refractivity contribution >= 4 is 48.9 Å². The van der Waals surface area contributed by atoms with Crippen LogP contribution in [-0.4, -0.2) is 90.8 Å². The van der Waals surface area contributed by atoms with Crippen molar-refractivity contribution in [1.29, 1.82) is 0 Å². The Hall–Kier alpha value is -4.89. The van der Waals surface area contributed by atoms with E-state index in [-0.39, 0.29) is 37.3 Å². The molecule has 3 aromatic carbocycles. The molecule has 6 rings (SSSR count). The van der Waals surface area contributed by atoms with Gasteiger partial charge in [-0.25, -0.2) is 0 Å². The van der Waals surface area contributed by atoms with Gasteiger partial charge in [0.1, 0.15) is 17.5 Å². The molecule has 248 valence electrons. The molecular formula is C32H33B2N3O11. The first-order valence-electron chi connectivity index (χ1n) is 15.3. The zero-order chi connectivity index (χ0) is 34.1. The van der Waals surface area contributed by atoms with E-state index in [2.05, 4.69) is 10.6 Å². The predicted molar refractivity (Wildman–Crippen MR) is 171 cm³/mol. The van der Waals surface area contributed by atoms with Gasteiger partial charge in [-0.1, -0.05) is 12.1 Å². The second kappa shape index (κ2) is 13.7. The van der Waals surface area contributed by atoms with Crippen LogP contribution >= 0.6 is 0 Å². The summed E-state index contributed by atoms with van der Waals surface area (Å²) in [4.78, 5) is 54.5. The SMILES string of the molecule is COc1cc(OC)cc([C@H](CC(=O)O)NC(=O)[C@@H]2C[C@@H](NC(=O)c3ccc4c(c3)B(O)OC4)CN2C(=O)c2ccc3c(c2)B(O)OC3)c1. The molecule has 3 aliphatic rings. The number of carboxylic acids is 1. The number of aliphatic carboxylic acids is 1. The van der Waals surface area contributed by atoms with Crippen LogP contribution in [0.2, 0.25) is 0 Å². The Bertz CT molecular complexity index is 1750. The average molecular weight is 657 g/mol. The third kappa shape index (κ3) is 6.73. The molecule has 3 aromatic rings. The predicted octanol–water partition coefficient (Wildman–Crippen LogP) is -0.515. The Morgan fingerprint density at radius 3 is 2.06 bits per heavy atom. The Kier molecular flexibility index (Phi) is 9.42. The van der Waals surface area contributed by atoms with Gasteiger partial charge in [0.2, 0.25) is 5.91 Å². The van der Waals surface area contributed by atoms with Crippen molar-refractivity contribution in [3.8, 4) is 11.5 Å². The minimum Gasteiger partial charge on any atom is -0.497 e. The van der Waals surface area contributed by atoms with Crippen molar-refractivity contribution < 1.29 is 53.1 Å². The number of benzene rings is 3. The van der Waals surface area contributed by atoms with E-state index in [4.69, 9.17) is 18.8 Å². The number of likely N-dealkylation sites (tertiary alicyclic amines) is 1. The van der Waals surface area contributed by atoms with E-state index in [1.165, 1.54) is 25.2 Å². The first kappa shape index (κ1) is 33.0. The molecule has 3 amide bonds. The summed E-state index contributed by atoms with van der Waals surface area (Å²) in [6.45, 7) is 0.387. The van der Waals surface area contributed by atoms with Crippen LogP contribution in [0.15, 0.2) is 54.6 Å². The Labute approximate surface area is 276 Å². The van der Waals surface area contributed by atoms with Gasteiger partial charge in [-0.3, -0.25) is 19.2 Å². The minimum atomic E-state index is -1.19. The van der Waals surface area contributed by atoms with Crippen molar-refractivity contribution in [1.82, 2.24) is 15.5 Å². The summed E-state index contributed by atoms with van der Waals surface area (Å²) in [5.41, 5.74) is 3.32. The van der Waals surface area contributed by atoms with E-state index in [1.54, 1.807) is 48.5 Å². The third-order valence-electron chi connectivity index (χ3n) is 8.80. The molecule has 0 unspecified atom stereocenters. The molecule has 1 fully saturated rings. The molecular weight excluding hydrogens is 624 g/mol. The number of ether oxygens (including phenoxy) is 2. The highest BCUT2D eigenvalue weighted by atomic mass is 16.5. The molecule has 3 heterocycles. The van der Waals surface area contributed by atoms with Crippen LogP contribution in [0.3, 0.4) is 0 Å². The number of amides is 3. The molecule has 0 aromatic heterocycles. The summed E-state index contributed by atoms with van der Waals surface area (Å²) in [6.07, 6.45) is -0.447. The lowest BCUT2D eigenvalue weighted by molar-refractivity contribution is -0.138. The monoisotopic (exact) mass is 657 g/mol. The van der Waals surface area contributed by atoms with Gasteiger partial charge in [-0.15, -0.1) is 0 Å². The van der Waals surface area contributed by atoms with Crippen LogP contribution in [0.25, 0.3) is 0 Å². The van der Waals surface area contributed by atoms with Crippen molar-refractivity contribution in [3.63, 3.8) is 0 Å². The molecule has 3 aliphatic heterocycles. The summed E-state index contributed by atoms with van der Waals surface area (Å²) >= 11 is 0. The lowest BCUT2D eigenvalue weighted by Gasteiger charge is -2.27. The first-order valence-corrected chi connectivity index (χ1v) is 15.3. The maximum Gasteiger partial charge on any atom is 0.491 e. The van der Waals surface area contributed by atoms with Crippen LogP contribution in [0, 0.1) is 0 Å². The van der Waals surface area contributed by atoms with Crippen molar-refractivity contribution in [3.05, 3.63) is 82.4 Å². The number of nitrogens with one attached hydrogen (secondary N) is 2. The lowest BCUT2D eigenvalue weighted by atomic mass is 9.78. The van der Waals surface area contributed by atoms with Crippen LogP contribution in [-0.2, 0) is 32.1 Å². The van der Waals surface area contributed by atoms with Crippen LogP contribution < -0.4 is 31.0 Å². The summed E-state index contributed by atoms with van der Waals surface area (Å²) < 4.78 is 21.1. The topological polar surface area (TPSA) is 193 Å². The van der Waals surface area contributed by atoms with E-state index >= 15 is 0 Å². The highest BCUT2D eigenvalue weighted by Gasteiger charge is 2.42. The number of nitrogens with zero attached hydrogens (tertiary/aromatic N) is 1. The average Bonchev–Trinajstić information content (AvgIpc) is 3.79. The number of carbonyl (C=O) groups is 4. The van der Waals surface area contributed by atoms with Gasteiger partial charge in [-0.05, 0) is 70.4 Å². The minimum absolute atomic E-state index is 0.0257. The molecule has 1 saturated heterocycles. The molecule has 14 nitrogen and oxygen atoms in total. The van der Waals surface area contributed by atoms with Gasteiger partial charge >= 0.3 is 20.2 Å². The largest absolute Gasteiger partial charge is 0.497 e. The summed E-state index contributed by atoms with van der Waals surface area (Å²) in [6, 6.07) is 11.6. The fourth-order valence-corrected chi connectivity index (χ4v) is 6.28. The molecule has 0 saturated carbocycles. The number of methoxy groups -OCH3 is 2. The molecule has 3 atom stereocenters. The lowest BCUT2D eigenvalue weighted by Crippen LogP contribution is -2.47. The summed E-state index contributed by atoms with van der Waals surface area (Å²) in [7, 11) is 0.566. The third-order valence-corrected chi connectivity index (χ3v) is 8.80. The molecule has 16 heteroatoms. The van der Waals surface area contributed by atoms with Gasteiger partial charge in [0.05, 0.1) is 39.9 Å². The highest BCUT2D eigenvalue weighted by Crippen LogP contribution is 2.30. The van der Waals surface area contributed by atoms with Gasteiger partial charge in [0.25, 0.3) is 11.8 Å². The summed E-state index contributed by atoms with van der Waals surface area (Å²) in [5.74, 6) is -2.01. The maximum absolute atomic E-state index is 14.0. The molecule has 48 heavy (non-hydrogen) atoms. The van der Waals surface area contributed by atoms with Crippen LogP contribution in [0.5, 0.6) is 11.5 Å². The van der Waals surface area contributed by atoms with Crippen molar-refractivity contribution in [2.45, 2.75) is 44.2 Å². The number of hydrogen-bond acceptors (Lipinski definition) is 10. The maximum atomic E-state index is 14.0. The van der Waals surface area contributed by atoms with Crippen molar-refractivity contribution in [2.75, 3.05) is 20.8 Å². The quantitative estimate of drug-likeness (QED) is 0.176. The van der Waals surface area contributed by atoms with E-state index < -0.39 is 62.5 Å². The van der Waals surface area contributed by atoms with Crippen LogP contribution in [0.4, 0.5) is 0 Å². The molecule has 0 spiro atoms. The molecule has 0 bridgehead atoms. The zero-order valence-corrected chi connectivity index (χ0v) is 26.2. The van der Waals surface area contributed by atoms with E-state index in [1.807, 2.05) is 0 Å². The number of hydrogen-bond donors (Lipinski definition) is 5. The smallest absolute Gasteiger partial charge is 0.491 e. The Balaban J connectivity index is 1.27. The Morgan fingerprint density at radius 2 is 1.48 bits per heavy atom. The summed E-state index contributed by atoms with van der Waals surface area (Å²) in [5, 5.41) is 35.7. The number of fused-ring (bicyclic) bond motifs is 2. The second-order valence-electron chi connectivity index (χ2n) is 11.8. The zero-order valence-electron chi connectivity index (χ0n) is 26.2. The second-order valence-corrected chi connectivity index (χ2v) is 11.8.